The average molecular weight is 493 g/mol. The van der Waals surface area contributed by atoms with Crippen LogP contribution in [-0.4, -0.2) is 51.1 Å². The van der Waals surface area contributed by atoms with Crippen LogP contribution in [0, 0.1) is 12.7 Å². The predicted molar refractivity (Wildman–Crippen MR) is 127 cm³/mol. The topological polar surface area (TPSA) is 144 Å². The van der Waals surface area contributed by atoms with Gasteiger partial charge in [0.25, 0.3) is 11.8 Å². The average Bonchev–Trinajstić information content (AvgIpc) is 3.49. The number of oxazole rings is 1. The maximum absolute atomic E-state index is 13.3. The minimum absolute atomic E-state index is 0.0333. The molecule has 3 N–H and O–H groups in total. The molecule has 4 rings (SSSR count). The molecule has 1 unspecified atom stereocenters. The zero-order valence-electron chi connectivity index (χ0n) is 19.8. The first-order valence-corrected chi connectivity index (χ1v) is 11.2. The first kappa shape index (κ1) is 24.5. The first-order chi connectivity index (χ1) is 17.3. The van der Waals surface area contributed by atoms with Gasteiger partial charge in [0, 0.05) is 18.6 Å². The minimum Gasteiger partial charge on any atom is -0.443 e. The summed E-state index contributed by atoms with van der Waals surface area (Å²) in [5, 5.41) is 12.6. The van der Waals surface area contributed by atoms with E-state index in [4.69, 9.17) is 4.42 Å². The maximum atomic E-state index is 13.3. The number of carbonyl (C=O) groups excluding carboxylic acids is 3. The molecule has 0 fully saturated rings. The fraction of sp³-hybridized carbons (Fsp3) is 0.250. The van der Waals surface area contributed by atoms with Gasteiger partial charge in [0.15, 0.2) is 5.69 Å². The number of benzene rings is 1. The Morgan fingerprint density at radius 3 is 2.56 bits per heavy atom. The monoisotopic (exact) mass is 493 g/mol. The summed E-state index contributed by atoms with van der Waals surface area (Å²) in [7, 11) is 1.46. The van der Waals surface area contributed by atoms with Gasteiger partial charge in [-0.15, -0.1) is 0 Å². The summed E-state index contributed by atoms with van der Waals surface area (Å²) < 4.78 is 20.6. The molecule has 3 aromatic heterocycles. The number of hydrogen-bond donors (Lipinski definition) is 3. The number of likely N-dealkylation sites (N-methyl/N-ethyl adjacent to an activating group) is 1. The van der Waals surface area contributed by atoms with Crippen LogP contribution in [0.15, 0.2) is 47.3 Å². The highest BCUT2D eigenvalue weighted by Gasteiger charge is 2.25. The van der Waals surface area contributed by atoms with Crippen LogP contribution >= 0.6 is 0 Å². The van der Waals surface area contributed by atoms with Crippen molar-refractivity contribution in [2.24, 2.45) is 0 Å². The summed E-state index contributed by atoms with van der Waals surface area (Å²) in [6, 6.07) is 5.18. The van der Waals surface area contributed by atoms with Crippen molar-refractivity contribution >= 4 is 28.6 Å². The van der Waals surface area contributed by atoms with Crippen LogP contribution in [0.5, 0.6) is 0 Å². The van der Waals surface area contributed by atoms with Crippen LogP contribution in [0.2, 0.25) is 0 Å². The smallest absolute Gasteiger partial charge is 0.273 e. The Kier molecular flexibility index (Phi) is 7.04. The summed E-state index contributed by atoms with van der Waals surface area (Å²) in [5.74, 6) is -1.29. The first-order valence-electron chi connectivity index (χ1n) is 11.2. The van der Waals surface area contributed by atoms with E-state index in [1.165, 1.54) is 25.4 Å². The normalized spacial score (nSPS) is 11.8. The molecule has 1 atom stereocenters. The van der Waals surface area contributed by atoms with Gasteiger partial charge in [-0.2, -0.15) is 5.10 Å². The van der Waals surface area contributed by atoms with E-state index in [9.17, 15) is 18.8 Å². The number of pyridine rings is 1. The largest absolute Gasteiger partial charge is 0.443 e. The molecular formula is C24H24FN7O4. The van der Waals surface area contributed by atoms with Crippen molar-refractivity contribution in [1.82, 2.24) is 35.7 Å². The van der Waals surface area contributed by atoms with Crippen molar-refractivity contribution < 1.29 is 23.2 Å². The van der Waals surface area contributed by atoms with Gasteiger partial charge in [-0.05, 0) is 37.6 Å². The quantitative estimate of drug-likeness (QED) is 0.341. The zero-order chi connectivity index (χ0) is 25.8. The summed E-state index contributed by atoms with van der Waals surface area (Å²) >= 11 is 0. The number of aryl methyl sites for hydroxylation is 1. The molecule has 4 aromatic rings. The van der Waals surface area contributed by atoms with Gasteiger partial charge >= 0.3 is 0 Å². The number of rotatable bonds is 8. The fourth-order valence-corrected chi connectivity index (χ4v) is 3.59. The Bertz CT molecular complexity index is 1430. The second-order valence-electron chi connectivity index (χ2n) is 7.90. The third kappa shape index (κ3) is 4.92. The number of nitrogens with one attached hydrogen (secondary N) is 3. The molecule has 3 heterocycles. The molecule has 0 aliphatic heterocycles. The third-order valence-electron chi connectivity index (χ3n) is 5.54. The summed E-state index contributed by atoms with van der Waals surface area (Å²) in [6.45, 7) is 3.21. The Hall–Kier alpha value is -4.61. The van der Waals surface area contributed by atoms with Crippen molar-refractivity contribution in [3.05, 3.63) is 71.6 Å². The van der Waals surface area contributed by atoms with E-state index in [2.05, 4.69) is 31.0 Å². The molecule has 0 spiro atoms. The number of hydrogen-bond acceptors (Lipinski definition) is 7. The van der Waals surface area contributed by atoms with E-state index >= 15 is 0 Å². The highest BCUT2D eigenvalue weighted by atomic mass is 19.1. The SMILES string of the molecule is CCC(NC(=O)c1cncc2c1cnn2-c1ccc(F)cc1)c1nc(C(=O)NCC(=O)NC)c(C)o1. The van der Waals surface area contributed by atoms with Crippen LogP contribution in [0.4, 0.5) is 4.39 Å². The highest BCUT2D eigenvalue weighted by molar-refractivity contribution is 6.06. The van der Waals surface area contributed by atoms with Gasteiger partial charge in [-0.3, -0.25) is 19.4 Å². The summed E-state index contributed by atoms with van der Waals surface area (Å²) in [6.07, 6.45) is 4.98. The Labute approximate surface area is 205 Å². The molecule has 0 bridgehead atoms. The molecule has 0 saturated carbocycles. The van der Waals surface area contributed by atoms with Crippen LogP contribution in [-0.2, 0) is 4.79 Å². The lowest BCUT2D eigenvalue weighted by Gasteiger charge is -2.14. The molecule has 11 nitrogen and oxygen atoms in total. The molecular weight excluding hydrogens is 469 g/mol. The summed E-state index contributed by atoms with van der Waals surface area (Å²) in [5.41, 5.74) is 1.51. The van der Waals surface area contributed by atoms with E-state index in [-0.39, 0.29) is 41.2 Å². The lowest BCUT2D eigenvalue weighted by atomic mass is 10.1. The number of halogens is 1. The van der Waals surface area contributed by atoms with Crippen molar-refractivity contribution in [2.75, 3.05) is 13.6 Å². The molecule has 0 aliphatic rings. The Morgan fingerprint density at radius 1 is 1.11 bits per heavy atom. The van der Waals surface area contributed by atoms with Gasteiger partial charge in [-0.1, -0.05) is 6.92 Å². The second-order valence-corrected chi connectivity index (χ2v) is 7.90. The maximum Gasteiger partial charge on any atom is 0.273 e. The number of nitrogens with zero attached hydrogens (tertiary/aromatic N) is 4. The van der Waals surface area contributed by atoms with E-state index in [1.54, 1.807) is 36.1 Å². The Balaban J connectivity index is 1.55. The number of aromatic nitrogens is 4. The molecule has 0 radical (unpaired) electrons. The Morgan fingerprint density at radius 2 is 1.86 bits per heavy atom. The van der Waals surface area contributed by atoms with Gasteiger partial charge in [0.1, 0.15) is 17.6 Å². The second kappa shape index (κ2) is 10.3. The van der Waals surface area contributed by atoms with E-state index < -0.39 is 17.9 Å². The van der Waals surface area contributed by atoms with Crippen LogP contribution in [0.1, 0.15) is 51.9 Å². The van der Waals surface area contributed by atoms with Gasteiger partial charge < -0.3 is 20.4 Å². The van der Waals surface area contributed by atoms with E-state index in [0.29, 0.717) is 23.0 Å². The number of carbonyl (C=O) groups is 3. The van der Waals surface area contributed by atoms with E-state index in [1.807, 2.05) is 6.92 Å². The van der Waals surface area contributed by atoms with Crippen molar-refractivity contribution in [1.29, 1.82) is 0 Å². The van der Waals surface area contributed by atoms with Gasteiger partial charge in [0.2, 0.25) is 11.8 Å². The lowest BCUT2D eigenvalue weighted by Crippen LogP contribution is -2.35. The highest BCUT2D eigenvalue weighted by Crippen LogP contribution is 2.24. The van der Waals surface area contributed by atoms with Gasteiger partial charge in [0.05, 0.1) is 35.7 Å². The van der Waals surface area contributed by atoms with E-state index in [0.717, 1.165) is 0 Å². The molecule has 3 amide bonds. The third-order valence-corrected chi connectivity index (χ3v) is 5.54. The van der Waals surface area contributed by atoms with Crippen molar-refractivity contribution in [2.45, 2.75) is 26.3 Å². The van der Waals surface area contributed by atoms with Crippen molar-refractivity contribution in [3.8, 4) is 5.69 Å². The molecule has 186 valence electrons. The number of amides is 3. The van der Waals surface area contributed by atoms with Crippen LogP contribution in [0.3, 0.4) is 0 Å². The molecule has 0 saturated heterocycles. The van der Waals surface area contributed by atoms with Gasteiger partial charge in [-0.25, -0.2) is 14.1 Å². The molecule has 12 heteroatoms. The molecule has 1 aromatic carbocycles. The zero-order valence-corrected chi connectivity index (χ0v) is 19.8. The van der Waals surface area contributed by atoms with Crippen LogP contribution in [0.25, 0.3) is 16.6 Å². The van der Waals surface area contributed by atoms with Crippen molar-refractivity contribution in [3.63, 3.8) is 0 Å². The van der Waals surface area contributed by atoms with Crippen LogP contribution < -0.4 is 16.0 Å². The standard InChI is InChI=1S/C24H24FN7O4/c1-4-18(24-31-21(13(2)36-24)23(35)28-12-20(33)26-3)30-22(34)17-9-27-11-19-16(17)10-29-32(19)15-7-5-14(25)6-8-15/h5-11,18H,4,12H2,1-3H3,(H,26,33)(H,28,35)(H,30,34). The summed E-state index contributed by atoms with van der Waals surface area (Å²) in [4.78, 5) is 45.4. The fourth-order valence-electron chi connectivity index (χ4n) is 3.59. The molecule has 36 heavy (non-hydrogen) atoms. The molecule has 0 aliphatic carbocycles. The lowest BCUT2D eigenvalue weighted by molar-refractivity contribution is -0.119. The predicted octanol–water partition coefficient (Wildman–Crippen LogP) is 2.21. The minimum atomic E-state index is -0.626. The number of fused-ring (bicyclic) bond motifs is 1.